The smallest absolute Gasteiger partial charge is 0.341 e. The van der Waals surface area contributed by atoms with Gasteiger partial charge in [0.2, 0.25) is 5.43 Å². The minimum atomic E-state index is -1.33. The van der Waals surface area contributed by atoms with Crippen molar-refractivity contribution in [2.45, 2.75) is 13.0 Å². The summed E-state index contributed by atoms with van der Waals surface area (Å²) in [5, 5.41) is 9.42. The van der Waals surface area contributed by atoms with E-state index in [4.69, 9.17) is 4.74 Å². The van der Waals surface area contributed by atoms with Crippen molar-refractivity contribution in [1.29, 1.82) is 0 Å². The second kappa shape index (κ2) is 7.22. The third-order valence-electron chi connectivity index (χ3n) is 5.84. The Morgan fingerprint density at radius 2 is 1.97 bits per heavy atom. The summed E-state index contributed by atoms with van der Waals surface area (Å²) in [5.74, 6) is -0.880. The molecule has 10 heteroatoms. The Morgan fingerprint density at radius 1 is 1.23 bits per heavy atom. The fraction of sp³-hybridized carbons (Fsp3) is 0.333. The molecule has 5 rings (SSSR count). The van der Waals surface area contributed by atoms with E-state index in [9.17, 15) is 14.7 Å². The Hall–Kier alpha value is -3.69. The van der Waals surface area contributed by atoms with E-state index in [2.05, 4.69) is 14.9 Å². The molecule has 0 radical (unpaired) electrons. The highest BCUT2D eigenvalue weighted by atomic mass is 19.1. The first-order valence-corrected chi connectivity index (χ1v) is 9.99. The summed E-state index contributed by atoms with van der Waals surface area (Å²) in [6.45, 7) is 4.42. The van der Waals surface area contributed by atoms with Gasteiger partial charge in [-0.1, -0.05) is 0 Å². The number of halogens is 1. The number of rotatable bonds is 3. The molecule has 0 spiro atoms. The molecule has 4 heterocycles. The van der Waals surface area contributed by atoms with E-state index in [1.54, 1.807) is 23.2 Å². The van der Waals surface area contributed by atoms with Crippen LogP contribution in [0.15, 0.2) is 35.6 Å². The van der Waals surface area contributed by atoms with Crippen molar-refractivity contribution in [2.75, 3.05) is 42.6 Å². The van der Waals surface area contributed by atoms with Gasteiger partial charge in [-0.15, -0.1) is 0 Å². The summed E-state index contributed by atoms with van der Waals surface area (Å²) in [7, 11) is 0. The molecule has 2 aliphatic rings. The molecule has 1 aromatic carbocycles. The quantitative estimate of drug-likeness (QED) is 0.679. The van der Waals surface area contributed by atoms with Crippen LogP contribution in [0.5, 0.6) is 5.75 Å². The predicted octanol–water partition coefficient (Wildman–Crippen LogP) is 1.91. The summed E-state index contributed by atoms with van der Waals surface area (Å²) in [6, 6.07) is 0.941. The van der Waals surface area contributed by atoms with Crippen LogP contribution in [-0.2, 0) is 0 Å². The molecular formula is C21H20FN5O4. The molecule has 31 heavy (non-hydrogen) atoms. The van der Waals surface area contributed by atoms with Crippen LogP contribution in [0.4, 0.5) is 15.9 Å². The van der Waals surface area contributed by atoms with E-state index >= 15 is 4.39 Å². The number of aromatic carboxylic acids is 1. The molecule has 3 aromatic rings. The molecule has 2 aliphatic heterocycles. The summed E-state index contributed by atoms with van der Waals surface area (Å²) < 4.78 is 22.9. The van der Waals surface area contributed by atoms with E-state index in [1.165, 1.54) is 6.20 Å². The highest BCUT2D eigenvalue weighted by Crippen LogP contribution is 2.42. The van der Waals surface area contributed by atoms with Crippen LogP contribution in [0.25, 0.3) is 10.9 Å². The number of nitrogens with zero attached hydrogens (tertiary/aromatic N) is 5. The summed E-state index contributed by atoms with van der Waals surface area (Å²) >= 11 is 0. The van der Waals surface area contributed by atoms with Crippen LogP contribution in [0, 0.1) is 5.82 Å². The van der Waals surface area contributed by atoms with Crippen molar-refractivity contribution in [3.05, 3.63) is 52.5 Å². The predicted molar refractivity (Wildman–Crippen MR) is 112 cm³/mol. The zero-order valence-electron chi connectivity index (χ0n) is 16.8. The number of piperazine rings is 1. The zero-order chi connectivity index (χ0) is 21.7. The lowest BCUT2D eigenvalue weighted by Crippen LogP contribution is -2.47. The van der Waals surface area contributed by atoms with Crippen molar-refractivity contribution in [3.8, 4) is 5.75 Å². The number of hydrogen-bond donors (Lipinski definition) is 1. The largest absolute Gasteiger partial charge is 0.487 e. The number of ether oxygens (including phenoxy) is 1. The summed E-state index contributed by atoms with van der Waals surface area (Å²) in [5.41, 5.74) is -0.358. The maximum Gasteiger partial charge on any atom is 0.341 e. The summed E-state index contributed by atoms with van der Waals surface area (Å²) in [4.78, 5) is 36.6. The molecule has 0 amide bonds. The topological polar surface area (TPSA) is 101 Å². The van der Waals surface area contributed by atoms with E-state index in [1.807, 2.05) is 11.8 Å². The molecule has 0 aliphatic carbocycles. The van der Waals surface area contributed by atoms with Gasteiger partial charge in [0.05, 0.1) is 23.1 Å². The molecule has 2 aromatic heterocycles. The average Bonchev–Trinajstić information content (AvgIpc) is 2.78. The third kappa shape index (κ3) is 3.06. The molecule has 1 fully saturated rings. The molecule has 9 nitrogen and oxygen atoms in total. The van der Waals surface area contributed by atoms with Crippen molar-refractivity contribution in [1.82, 2.24) is 14.5 Å². The van der Waals surface area contributed by atoms with Crippen LogP contribution >= 0.6 is 0 Å². The monoisotopic (exact) mass is 425 g/mol. The van der Waals surface area contributed by atoms with E-state index in [0.717, 1.165) is 11.9 Å². The van der Waals surface area contributed by atoms with E-state index in [-0.39, 0.29) is 29.3 Å². The number of anilines is 2. The van der Waals surface area contributed by atoms with Gasteiger partial charge in [0.1, 0.15) is 23.7 Å². The van der Waals surface area contributed by atoms with E-state index in [0.29, 0.717) is 37.4 Å². The van der Waals surface area contributed by atoms with Crippen LogP contribution in [-0.4, -0.2) is 58.4 Å². The molecular weight excluding hydrogens is 405 g/mol. The van der Waals surface area contributed by atoms with Crippen molar-refractivity contribution in [3.63, 3.8) is 0 Å². The standard InChI is InChI=1S/C21H20FN5O4/c1-12-11-31-20-17-13(19(28)14(21(29)30)10-27(12)17)8-15(22)18(20)26-6-4-25(5-7-26)16-9-23-2-3-24-16/h2-3,8-10,12H,4-7,11H2,1H3,(H,29,30)/t12-/m0/s1. The van der Waals surface area contributed by atoms with Crippen LogP contribution < -0.4 is 20.0 Å². The Morgan fingerprint density at radius 3 is 2.65 bits per heavy atom. The SMILES string of the molecule is C[C@H]1COc2c(N3CCN(c4cnccn4)CC3)c(F)cc3c(=O)c(C(=O)O)cn1c23. The van der Waals surface area contributed by atoms with Gasteiger partial charge in [-0.2, -0.15) is 0 Å². The Balaban J connectivity index is 1.58. The maximum absolute atomic E-state index is 15.3. The zero-order valence-corrected chi connectivity index (χ0v) is 16.8. The molecule has 160 valence electrons. The molecule has 0 saturated carbocycles. The van der Waals surface area contributed by atoms with Crippen LogP contribution in [0.3, 0.4) is 0 Å². The molecule has 0 unspecified atom stereocenters. The van der Waals surface area contributed by atoms with Crippen molar-refractivity contribution >= 4 is 28.4 Å². The fourth-order valence-corrected chi connectivity index (χ4v) is 4.27. The third-order valence-corrected chi connectivity index (χ3v) is 5.84. The number of pyridine rings is 1. The van der Waals surface area contributed by atoms with Crippen LogP contribution in [0.2, 0.25) is 0 Å². The number of benzene rings is 1. The lowest BCUT2D eigenvalue weighted by atomic mass is 10.1. The van der Waals surface area contributed by atoms with E-state index < -0.39 is 17.2 Å². The number of carbonyl (C=O) groups is 1. The second-order valence-electron chi connectivity index (χ2n) is 7.71. The average molecular weight is 425 g/mol. The minimum absolute atomic E-state index is 0.0147. The van der Waals surface area contributed by atoms with Crippen molar-refractivity contribution in [2.24, 2.45) is 0 Å². The molecule has 1 saturated heterocycles. The summed E-state index contributed by atoms with van der Waals surface area (Å²) in [6.07, 6.45) is 6.27. The normalized spacial score (nSPS) is 18.2. The first kappa shape index (κ1) is 19.3. The lowest BCUT2D eigenvalue weighted by molar-refractivity contribution is 0.0694. The van der Waals surface area contributed by atoms with Gasteiger partial charge in [0.15, 0.2) is 11.6 Å². The first-order valence-electron chi connectivity index (χ1n) is 9.99. The second-order valence-corrected chi connectivity index (χ2v) is 7.71. The van der Waals surface area contributed by atoms with Gasteiger partial charge in [-0.25, -0.2) is 14.2 Å². The number of aromatic nitrogens is 3. The highest BCUT2D eigenvalue weighted by Gasteiger charge is 2.31. The lowest BCUT2D eigenvalue weighted by Gasteiger charge is -2.38. The number of hydrogen-bond acceptors (Lipinski definition) is 7. The maximum atomic E-state index is 15.3. The van der Waals surface area contributed by atoms with Crippen molar-refractivity contribution < 1.29 is 19.0 Å². The van der Waals surface area contributed by atoms with Gasteiger partial charge in [-0.05, 0) is 13.0 Å². The van der Waals surface area contributed by atoms with Gasteiger partial charge >= 0.3 is 5.97 Å². The molecule has 1 atom stereocenters. The molecule has 1 N–H and O–H groups in total. The Bertz CT molecular complexity index is 1240. The Kier molecular flexibility index (Phi) is 4.49. The van der Waals surface area contributed by atoms with Gasteiger partial charge in [0.25, 0.3) is 0 Å². The minimum Gasteiger partial charge on any atom is -0.487 e. The van der Waals surface area contributed by atoms with Gasteiger partial charge in [0, 0.05) is 44.8 Å². The number of carboxylic acid groups (broad SMARTS) is 1. The van der Waals surface area contributed by atoms with Gasteiger partial charge < -0.3 is 24.2 Å². The molecule has 0 bridgehead atoms. The van der Waals surface area contributed by atoms with Crippen LogP contribution in [0.1, 0.15) is 23.3 Å². The number of carboxylic acids is 1. The Labute approximate surface area is 176 Å². The van der Waals surface area contributed by atoms with Gasteiger partial charge in [-0.3, -0.25) is 9.78 Å². The first-order chi connectivity index (χ1) is 15.0. The highest BCUT2D eigenvalue weighted by molar-refractivity contribution is 5.97. The fourth-order valence-electron chi connectivity index (χ4n) is 4.27.